The molecule has 3 rings (SSSR count). The minimum Gasteiger partial charge on any atom is -0.445 e. The third-order valence-corrected chi connectivity index (χ3v) is 4.43. The van der Waals surface area contributed by atoms with Crippen molar-refractivity contribution in [3.8, 4) is 11.8 Å². The SMILES string of the molecule is CCC(=NC)C1=C(C)OC(N)=C(C#N)C1c1ccc(-n2ccnn2)cc1. The summed E-state index contributed by atoms with van der Waals surface area (Å²) in [5.74, 6) is 0.511. The number of hydrogen-bond acceptors (Lipinski definition) is 6. The first-order valence-corrected chi connectivity index (χ1v) is 8.31. The lowest BCUT2D eigenvalue weighted by Crippen LogP contribution is -2.24. The van der Waals surface area contributed by atoms with E-state index in [2.05, 4.69) is 21.4 Å². The van der Waals surface area contributed by atoms with Gasteiger partial charge in [0.1, 0.15) is 17.4 Å². The van der Waals surface area contributed by atoms with Crippen LogP contribution in [0.5, 0.6) is 0 Å². The Kier molecular flexibility index (Phi) is 4.85. The van der Waals surface area contributed by atoms with Gasteiger partial charge >= 0.3 is 0 Å². The molecule has 2 aromatic rings. The summed E-state index contributed by atoms with van der Waals surface area (Å²) >= 11 is 0. The minimum absolute atomic E-state index is 0.144. The van der Waals surface area contributed by atoms with E-state index in [0.29, 0.717) is 11.3 Å². The van der Waals surface area contributed by atoms with E-state index in [0.717, 1.165) is 29.0 Å². The Morgan fingerprint density at radius 3 is 2.65 bits per heavy atom. The Balaban J connectivity index is 2.11. The largest absolute Gasteiger partial charge is 0.445 e. The molecule has 1 unspecified atom stereocenters. The van der Waals surface area contributed by atoms with Crippen molar-refractivity contribution in [2.45, 2.75) is 26.2 Å². The number of aromatic nitrogens is 3. The van der Waals surface area contributed by atoms with Crippen molar-refractivity contribution >= 4 is 5.71 Å². The topological polar surface area (TPSA) is 102 Å². The van der Waals surface area contributed by atoms with Crippen LogP contribution < -0.4 is 5.73 Å². The van der Waals surface area contributed by atoms with Gasteiger partial charge in [-0.3, -0.25) is 4.99 Å². The van der Waals surface area contributed by atoms with E-state index in [4.69, 9.17) is 10.5 Å². The molecule has 1 aromatic heterocycles. The molecule has 0 aliphatic carbocycles. The van der Waals surface area contributed by atoms with Crippen molar-refractivity contribution in [1.82, 2.24) is 15.0 Å². The number of nitrogens with two attached hydrogens (primary N) is 1. The molecule has 0 bridgehead atoms. The molecule has 1 aromatic carbocycles. The highest BCUT2D eigenvalue weighted by Gasteiger charge is 2.33. The second kappa shape index (κ2) is 7.23. The summed E-state index contributed by atoms with van der Waals surface area (Å²) < 4.78 is 7.31. The molecular weight excluding hydrogens is 328 g/mol. The van der Waals surface area contributed by atoms with Crippen molar-refractivity contribution < 1.29 is 4.74 Å². The summed E-state index contributed by atoms with van der Waals surface area (Å²) in [7, 11) is 1.75. The maximum atomic E-state index is 9.68. The van der Waals surface area contributed by atoms with Gasteiger partial charge in [-0.25, -0.2) is 4.68 Å². The van der Waals surface area contributed by atoms with Crippen molar-refractivity contribution in [2.24, 2.45) is 10.7 Å². The molecule has 7 heteroatoms. The summed E-state index contributed by atoms with van der Waals surface area (Å²) in [6.45, 7) is 3.88. The Labute approximate surface area is 152 Å². The van der Waals surface area contributed by atoms with Gasteiger partial charge in [0, 0.05) is 18.3 Å². The number of aliphatic imine (C=N–C) groups is 1. The maximum Gasteiger partial charge on any atom is 0.205 e. The fourth-order valence-electron chi connectivity index (χ4n) is 3.22. The van der Waals surface area contributed by atoms with Crippen LogP contribution in [0.2, 0.25) is 0 Å². The molecule has 0 fully saturated rings. The molecule has 7 nitrogen and oxygen atoms in total. The second-order valence-corrected chi connectivity index (χ2v) is 5.86. The molecule has 0 saturated heterocycles. The lowest BCUT2D eigenvalue weighted by molar-refractivity contribution is 0.283. The van der Waals surface area contributed by atoms with Crippen LogP contribution >= 0.6 is 0 Å². The monoisotopic (exact) mass is 348 g/mol. The first-order chi connectivity index (χ1) is 12.6. The Hall–Kier alpha value is -3.40. The molecule has 0 spiro atoms. The van der Waals surface area contributed by atoms with Crippen molar-refractivity contribution in [1.29, 1.82) is 5.26 Å². The number of nitrogens with zero attached hydrogens (tertiary/aromatic N) is 5. The first-order valence-electron chi connectivity index (χ1n) is 8.31. The summed E-state index contributed by atoms with van der Waals surface area (Å²) in [4.78, 5) is 4.39. The predicted molar refractivity (Wildman–Crippen MR) is 98.4 cm³/mol. The molecule has 0 amide bonds. The van der Waals surface area contributed by atoms with Gasteiger partial charge in [0.15, 0.2) is 0 Å². The molecule has 26 heavy (non-hydrogen) atoms. The number of allylic oxidation sites excluding steroid dienone is 3. The van der Waals surface area contributed by atoms with Crippen LogP contribution in [-0.2, 0) is 4.74 Å². The van der Waals surface area contributed by atoms with Gasteiger partial charge in [0.05, 0.1) is 24.0 Å². The minimum atomic E-state index is -0.308. The first kappa shape index (κ1) is 17.4. The Morgan fingerprint density at radius 2 is 2.12 bits per heavy atom. The van der Waals surface area contributed by atoms with Gasteiger partial charge in [-0.2, -0.15) is 5.26 Å². The van der Waals surface area contributed by atoms with Crippen LogP contribution in [0.1, 0.15) is 31.7 Å². The maximum absolute atomic E-state index is 9.68. The van der Waals surface area contributed by atoms with Crippen LogP contribution in [0.25, 0.3) is 5.69 Å². The van der Waals surface area contributed by atoms with E-state index < -0.39 is 0 Å². The number of rotatable bonds is 4. The molecular formula is C19H20N6O. The number of ether oxygens (including phenoxy) is 1. The van der Waals surface area contributed by atoms with Gasteiger partial charge in [-0.15, -0.1) is 5.10 Å². The molecule has 1 aliphatic heterocycles. The van der Waals surface area contributed by atoms with Gasteiger partial charge in [0.25, 0.3) is 0 Å². The molecule has 0 saturated carbocycles. The Morgan fingerprint density at radius 1 is 1.38 bits per heavy atom. The zero-order chi connectivity index (χ0) is 18.7. The van der Waals surface area contributed by atoms with Crippen LogP contribution in [0.4, 0.5) is 0 Å². The summed E-state index contributed by atoms with van der Waals surface area (Å²) in [6, 6.07) is 10.0. The van der Waals surface area contributed by atoms with Crippen LogP contribution in [0.3, 0.4) is 0 Å². The van der Waals surface area contributed by atoms with Gasteiger partial charge in [0.2, 0.25) is 5.88 Å². The lowest BCUT2D eigenvalue weighted by Gasteiger charge is -2.28. The normalized spacial score (nSPS) is 17.9. The Bertz CT molecular complexity index is 929. The number of benzene rings is 1. The zero-order valence-electron chi connectivity index (χ0n) is 15.0. The van der Waals surface area contributed by atoms with Crippen molar-refractivity contribution in [3.05, 3.63) is 65.0 Å². The van der Waals surface area contributed by atoms with E-state index in [9.17, 15) is 5.26 Å². The highest BCUT2D eigenvalue weighted by molar-refractivity contribution is 6.02. The number of hydrogen-bond donors (Lipinski definition) is 1. The molecule has 1 aliphatic rings. The third kappa shape index (κ3) is 2.97. The van der Waals surface area contributed by atoms with E-state index in [-0.39, 0.29) is 11.8 Å². The van der Waals surface area contributed by atoms with E-state index >= 15 is 0 Å². The van der Waals surface area contributed by atoms with E-state index in [1.54, 1.807) is 24.1 Å². The highest BCUT2D eigenvalue weighted by atomic mass is 16.5. The average molecular weight is 348 g/mol. The molecule has 0 radical (unpaired) electrons. The third-order valence-electron chi connectivity index (χ3n) is 4.43. The van der Waals surface area contributed by atoms with Crippen LogP contribution in [0, 0.1) is 11.3 Å². The highest BCUT2D eigenvalue weighted by Crippen LogP contribution is 2.40. The molecule has 2 N–H and O–H groups in total. The van der Waals surface area contributed by atoms with Gasteiger partial charge in [-0.05, 0) is 31.0 Å². The molecule has 1 atom stereocenters. The van der Waals surface area contributed by atoms with Crippen LogP contribution in [0.15, 0.2) is 64.4 Å². The molecule has 132 valence electrons. The van der Waals surface area contributed by atoms with Crippen molar-refractivity contribution in [2.75, 3.05) is 7.05 Å². The van der Waals surface area contributed by atoms with Gasteiger partial charge < -0.3 is 10.5 Å². The lowest BCUT2D eigenvalue weighted by atomic mass is 9.80. The fourth-order valence-corrected chi connectivity index (χ4v) is 3.22. The predicted octanol–water partition coefficient (Wildman–Crippen LogP) is 2.83. The van der Waals surface area contributed by atoms with Gasteiger partial charge in [-0.1, -0.05) is 24.3 Å². The standard InChI is InChI=1S/C19H20N6O/c1-4-16(22-3)17-12(2)26-19(21)15(11-20)18(17)13-5-7-14(8-6-13)25-10-9-23-24-25/h5-10,18H,4,21H2,1-3H3. The summed E-state index contributed by atoms with van der Waals surface area (Å²) in [5, 5.41) is 17.5. The van der Waals surface area contributed by atoms with Crippen LogP contribution in [-0.4, -0.2) is 27.8 Å². The average Bonchev–Trinajstić information content (AvgIpc) is 3.19. The summed E-state index contributed by atoms with van der Waals surface area (Å²) in [6.07, 6.45) is 4.13. The van der Waals surface area contributed by atoms with E-state index in [1.165, 1.54) is 0 Å². The number of nitriles is 1. The zero-order valence-corrected chi connectivity index (χ0v) is 15.0. The van der Waals surface area contributed by atoms with E-state index in [1.807, 2.05) is 38.1 Å². The molecule has 2 heterocycles. The summed E-state index contributed by atoms with van der Waals surface area (Å²) in [5.41, 5.74) is 10.0. The smallest absolute Gasteiger partial charge is 0.205 e. The quantitative estimate of drug-likeness (QED) is 0.856. The fraction of sp³-hybridized carbons (Fsp3) is 0.263. The second-order valence-electron chi connectivity index (χ2n) is 5.86. The van der Waals surface area contributed by atoms with Crippen molar-refractivity contribution in [3.63, 3.8) is 0 Å².